The van der Waals surface area contributed by atoms with Crippen LogP contribution in [0.3, 0.4) is 0 Å². The molecule has 11 nitrogen and oxygen atoms in total. The molecule has 0 fully saturated rings. The molecule has 0 saturated heterocycles. The van der Waals surface area contributed by atoms with Crippen molar-refractivity contribution in [2.75, 3.05) is 4.90 Å². The van der Waals surface area contributed by atoms with Crippen LogP contribution in [0.5, 0.6) is 23.0 Å². The third-order valence-corrected chi connectivity index (χ3v) is 5.50. The summed E-state index contributed by atoms with van der Waals surface area (Å²) in [6.07, 6.45) is -1.46. The number of carbonyl (C=O) groups excluding carboxylic acids is 3. The molecule has 0 aromatic heterocycles. The van der Waals surface area contributed by atoms with E-state index in [2.05, 4.69) is 10.6 Å². The van der Waals surface area contributed by atoms with Gasteiger partial charge in [-0.2, -0.15) is 0 Å². The van der Waals surface area contributed by atoms with Gasteiger partial charge >= 0.3 is 0 Å². The molecule has 37 heavy (non-hydrogen) atoms. The first-order valence-corrected chi connectivity index (χ1v) is 11.2. The lowest BCUT2D eigenvalue weighted by molar-refractivity contribution is -0.121. The number of phenolic OH excluding ortho intramolecular Hbond substituents is 4. The van der Waals surface area contributed by atoms with Gasteiger partial charge in [-0.05, 0) is 55.5 Å². The average molecular weight is 526 g/mol. The molecule has 3 rings (SSSR count). The van der Waals surface area contributed by atoms with E-state index in [1.807, 2.05) is 0 Å². The van der Waals surface area contributed by atoms with E-state index in [0.717, 1.165) is 11.0 Å². The maximum atomic E-state index is 13.6. The maximum Gasteiger partial charge on any atom is 0.261 e. The van der Waals surface area contributed by atoms with Crippen LogP contribution in [0.1, 0.15) is 27.6 Å². The average Bonchev–Trinajstić information content (AvgIpc) is 2.86. The molecular formula is C25H23N3O8S. The molecule has 0 aliphatic rings. The zero-order valence-electron chi connectivity index (χ0n) is 19.3. The Balaban J connectivity index is 1.93. The van der Waals surface area contributed by atoms with Crippen LogP contribution in [-0.2, 0) is 4.79 Å². The predicted molar refractivity (Wildman–Crippen MR) is 136 cm³/mol. The van der Waals surface area contributed by atoms with Crippen LogP contribution in [0.4, 0.5) is 5.69 Å². The molecule has 0 spiro atoms. The number of aliphatic hydroxyl groups excluding tert-OH is 1. The predicted octanol–water partition coefficient (Wildman–Crippen LogP) is 1.74. The van der Waals surface area contributed by atoms with E-state index in [1.54, 1.807) is 18.2 Å². The Morgan fingerprint density at radius 1 is 0.784 bits per heavy atom. The fourth-order valence-corrected chi connectivity index (χ4v) is 3.61. The molecule has 192 valence electrons. The summed E-state index contributed by atoms with van der Waals surface area (Å²) in [5.74, 6) is -5.36. The Morgan fingerprint density at radius 2 is 1.30 bits per heavy atom. The van der Waals surface area contributed by atoms with Crippen molar-refractivity contribution in [3.8, 4) is 23.0 Å². The van der Waals surface area contributed by atoms with Crippen molar-refractivity contribution in [3.05, 3.63) is 77.9 Å². The van der Waals surface area contributed by atoms with E-state index in [9.17, 15) is 39.9 Å². The molecule has 7 N–H and O–H groups in total. The molecule has 3 aromatic carbocycles. The molecular weight excluding hydrogens is 502 g/mol. The summed E-state index contributed by atoms with van der Waals surface area (Å²) in [6, 6.07) is 13.6. The molecule has 3 amide bonds. The highest BCUT2D eigenvalue weighted by Gasteiger charge is 2.34. The number of carbonyl (C=O) groups is 3. The van der Waals surface area contributed by atoms with Gasteiger partial charge in [-0.1, -0.05) is 30.3 Å². The second-order valence-corrected chi connectivity index (χ2v) is 8.19. The number of nitrogens with one attached hydrogen (secondary N) is 2. The summed E-state index contributed by atoms with van der Waals surface area (Å²) in [5, 5.41) is 53.9. The third kappa shape index (κ3) is 5.94. The number of phenols is 4. The Labute approximate surface area is 216 Å². The number of hydrogen-bond donors (Lipinski definition) is 7. The van der Waals surface area contributed by atoms with Crippen LogP contribution in [0.25, 0.3) is 0 Å². The van der Waals surface area contributed by atoms with Gasteiger partial charge in [0, 0.05) is 0 Å². The standard InChI is InChI=1S/C25H23N3O8S/c1-13(29)19(26-22(34)15-9-5-11-17(30)20(15)32)24(36)28(14-7-3-2-4-8-14)25(37)27-23(35)16-10-6-12-18(31)21(16)33/h2-13,19,29-33H,1H3,(H,26,34)(H,27,35,37)/t13-,19+/m1/s1. The topological polar surface area (TPSA) is 180 Å². The van der Waals surface area contributed by atoms with Gasteiger partial charge in [-0.25, -0.2) is 0 Å². The van der Waals surface area contributed by atoms with Crippen molar-refractivity contribution in [2.45, 2.75) is 19.1 Å². The number of nitrogens with zero attached hydrogens (tertiary/aromatic N) is 1. The van der Waals surface area contributed by atoms with Crippen molar-refractivity contribution < 1.29 is 39.9 Å². The molecule has 0 radical (unpaired) electrons. The quantitative estimate of drug-likeness (QED) is 0.186. The number of hydrogen-bond acceptors (Lipinski definition) is 9. The van der Waals surface area contributed by atoms with E-state index in [4.69, 9.17) is 12.2 Å². The van der Waals surface area contributed by atoms with E-state index in [0.29, 0.717) is 0 Å². The molecule has 0 heterocycles. The normalized spacial score (nSPS) is 12.2. The molecule has 12 heteroatoms. The summed E-state index contributed by atoms with van der Waals surface area (Å²) in [6.45, 7) is 1.24. The van der Waals surface area contributed by atoms with Gasteiger partial charge in [0.25, 0.3) is 17.7 Å². The minimum absolute atomic E-state index is 0.179. The number of benzene rings is 3. The Kier molecular flexibility index (Phi) is 8.27. The second kappa shape index (κ2) is 11.4. The largest absolute Gasteiger partial charge is 0.504 e. The van der Waals surface area contributed by atoms with Gasteiger partial charge in [0.2, 0.25) is 0 Å². The molecule has 3 aromatic rings. The fourth-order valence-electron chi connectivity index (χ4n) is 3.32. The van der Waals surface area contributed by atoms with Crippen molar-refractivity contribution in [1.29, 1.82) is 0 Å². The smallest absolute Gasteiger partial charge is 0.261 e. The van der Waals surface area contributed by atoms with Gasteiger partial charge in [-0.15, -0.1) is 0 Å². The van der Waals surface area contributed by atoms with Crippen LogP contribution in [0.2, 0.25) is 0 Å². The monoisotopic (exact) mass is 525 g/mol. The SMILES string of the molecule is C[C@@H](O)[C@H](NC(=O)c1cccc(O)c1O)C(=O)N(C(=S)NC(=O)c1cccc(O)c1O)c1ccccc1. The molecule has 2 atom stereocenters. The number of rotatable bonds is 6. The minimum atomic E-state index is -1.61. The highest BCUT2D eigenvalue weighted by atomic mass is 32.1. The Bertz CT molecular complexity index is 1350. The highest BCUT2D eigenvalue weighted by molar-refractivity contribution is 7.80. The molecule has 0 bridgehead atoms. The minimum Gasteiger partial charge on any atom is -0.504 e. The maximum absolute atomic E-state index is 13.6. The summed E-state index contributed by atoms with van der Waals surface area (Å²) in [4.78, 5) is 40.0. The summed E-state index contributed by atoms with van der Waals surface area (Å²) in [5.41, 5.74) is -0.486. The van der Waals surface area contributed by atoms with Gasteiger partial charge < -0.3 is 30.8 Å². The van der Waals surface area contributed by atoms with Crippen LogP contribution >= 0.6 is 12.2 Å². The first-order chi connectivity index (χ1) is 17.5. The van der Waals surface area contributed by atoms with Crippen LogP contribution < -0.4 is 15.5 Å². The molecule has 0 unspecified atom stereocenters. The second-order valence-electron chi connectivity index (χ2n) is 7.81. The molecule has 0 saturated carbocycles. The number of thiocarbonyl (C=S) groups is 1. The summed E-state index contributed by atoms with van der Waals surface area (Å²) >= 11 is 5.30. The third-order valence-electron chi connectivity index (χ3n) is 5.21. The lowest BCUT2D eigenvalue weighted by Crippen LogP contribution is -2.57. The Hall–Kier alpha value is -4.68. The molecule has 0 aliphatic carbocycles. The van der Waals surface area contributed by atoms with Gasteiger partial charge in [0.15, 0.2) is 28.1 Å². The van der Waals surface area contributed by atoms with Crippen LogP contribution in [-0.4, -0.2) is 60.5 Å². The van der Waals surface area contributed by atoms with Crippen molar-refractivity contribution in [1.82, 2.24) is 10.6 Å². The first kappa shape index (κ1) is 26.9. The number of anilines is 1. The zero-order chi connectivity index (χ0) is 27.3. The fraction of sp³-hybridized carbons (Fsp3) is 0.120. The van der Waals surface area contributed by atoms with Crippen LogP contribution in [0, 0.1) is 0 Å². The lowest BCUT2D eigenvalue weighted by atomic mass is 10.1. The number of aliphatic hydroxyl groups is 1. The number of amides is 3. The number of aromatic hydroxyl groups is 4. The van der Waals surface area contributed by atoms with E-state index in [-0.39, 0.29) is 16.8 Å². The summed E-state index contributed by atoms with van der Waals surface area (Å²) in [7, 11) is 0. The van der Waals surface area contributed by atoms with E-state index >= 15 is 0 Å². The van der Waals surface area contributed by atoms with Gasteiger partial charge in [-0.3, -0.25) is 24.6 Å². The number of para-hydroxylation sites is 3. The first-order valence-electron chi connectivity index (χ1n) is 10.8. The highest BCUT2D eigenvalue weighted by Crippen LogP contribution is 2.29. The van der Waals surface area contributed by atoms with Gasteiger partial charge in [0.05, 0.1) is 22.9 Å². The zero-order valence-corrected chi connectivity index (χ0v) is 20.1. The molecule has 0 aliphatic heterocycles. The van der Waals surface area contributed by atoms with Gasteiger partial charge in [0.1, 0.15) is 6.04 Å². The van der Waals surface area contributed by atoms with Crippen molar-refractivity contribution >= 4 is 40.7 Å². The lowest BCUT2D eigenvalue weighted by Gasteiger charge is -2.29. The summed E-state index contributed by atoms with van der Waals surface area (Å²) < 4.78 is 0. The van der Waals surface area contributed by atoms with Crippen molar-refractivity contribution in [2.24, 2.45) is 0 Å². The van der Waals surface area contributed by atoms with Crippen molar-refractivity contribution in [3.63, 3.8) is 0 Å². The van der Waals surface area contributed by atoms with Crippen LogP contribution in [0.15, 0.2) is 66.7 Å². The van der Waals surface area contributed by atoms with E-state index < -0.39 is 58.0 Å². The Morgan fingerprint density at radius 3 is 1.81 bits per heavy atom. The van der Waals surface area contributed by atoms with E-state index in [1.165, 1.54) is 49.4 Å².